The first-order valence-electron chi connectivity index (χ1n) is 6.70. The number of nitrogens with two attached hydrogens (primary N) is 1. The number of benzene rings is 2. The monoisotopic (exact) mass is 281 g/mol. The summed E-state index contributed by atoms with van der Waals surface area (Å²) in [6.45, 7) is 2.08. The second-order valence-corrected chi connectivity index (χ2v) is 4.60. The maximum atomic E-state index is 11.9. The number of anilines is 1. The number of para-hydroxylation sites is 2. The summed E-state index contributed by atoms with van der Waals surface area (Å²) in [5.41, 5.74) is 9.32. The number of nitrogens with zero attached hydrogens (tertiary/aromatic N) is 2. The van der Waals surface area contributed by atoms with Crippen molar-refractivity contribution in [2.75, 3.05) is 12.3 Å². The van der Waals surface area contributed by atoms with Gasteiger partial charge in [-0.3, -0.25) is 4.57 Å². The van der Waals surface area contributed by atoms with Crippen molar-refractivity contribution in [3.63, 3.8) is 0 Å². The van der Waals surface area contributed by atoms with E-state index in [4.69, 9.17) is 10.5 Å². The molecule has 5 heteroatoms. The van der Waals surface area contributed by atoms with Crippen LogP contribution in [0, 0.1) is 0 Å². The molecule has 0 bridgehead atoms. The highest BCUT2D eigenvalue weighted by Gasteiger charge is 2.13. The van der Waals surface area contributed by atoms with Gasteiger partial charge >= 0.3 is 5.97 Å². The van der Waals surface area contributed by atoms with Crippen molar-refractivity contribution < 1.29 is 9.53 Å². The van der Waals surface area contributed by atoms with Crippen molar-refractivity contribution in [1.29, 1.82) is 0 Å². The smallest absolute Gasteiger partial charge is 0.340 e. The van der Waals surface area contributed by atoms with E-state index in [1.807, 2.05) is 34.9 Å². The maximum Gasteiger partial charge on any atom is 0.340 e. The number of nitrogen functional groups attached to an aromatic ring is 1. The van der Waals surface area contributed by atoms with Crippen molar-refractivity contribution >= 4 is 22.7 Å². The van der Waals surface area contributed by atoms with Crippen LogP contribution >= 0.6 is 0 Å². The molecule has 0 spiro atoms. The molecule has 0 aliphatic heterocycles. The number of hydrogen-bond donors (Lipinski definition) is 1. The van der Waals surface area contributed by atoms with Gasteiger partial charge in [0.2, 0.25) is 0 Å². The van der Waals surface area contributed by atoms with Crippen LogP contribution in [0.1, 0.15) is 17.3 Å². The van der Waals surface area contributed by atoms with E-state index >= 15 is 0 Å². The molecule has 2 N–H and O–H groups in total. The zero-order valence-corrected chi connectivity index (χ0v) is 11.6. The van der Waals surface area contributed by atoms with Crippen LogP contribution in [-0.2, 0) is 4.74 Å². The lowest BCUT2D eigenvalue weighted by Crippen LogP contribution is -2.09. The van der Waals surface area contributed by atoms with E-state index in [2.05, 4.69) is 4.98 Å². The van der Waals surface area contributed by atoms with Crippen LogP contribution in [0.4, 0.5) is 5.69 Å². The molecule has 0 radical (unpaired) electrons. The Kier molecular flexibility index (Phi) is 3.31. The van der Waals surface area contributed by atoms with Crippen molar-refractivity contribution in [2.45, 2.75) is 6.92 Å². The zero-order chi connectivity index (χ0) is 14.8. The SMILES string of the molecule is CCOC(=O)c1cc(-n2cnc3ccccc32)ccc1N. The summed E-state index contributed by atoms with van der Waals surface area (Å²) in [5.74, 6) is -0.415. The second kappa shape index (κ2) is 5.28. The third kappa shape index (κ3) is 2.33. The number of aromatic nitrogens is 2. The number of carbonyl (C=O) groups is 1. The molecule has 2 aromatic carbocycles. The predicted molar refractivity (Wildman–Crippen MR) is 81.4 cm³/mol. The summed E-state index contributed by atoms with van der Waals surface area (Å²) in [6, 6.07) is 13.1. The predicted octanol–water partition coefficient (Wildman–Crippen LogP) is 2.78. The van der Waals surface area contributed by atoms with E-state index < -0.39 is 5.97 Å². The number of fused-ring (bicyclic) bond motifs is 1. The lowest BCUT2D eigenvalue weighted by molar-refractivity contribution is 0.0527. The van der Waals surface area contributed by atoms with Gasteiger partial charge in [-0.1, -0.05) is 12.1 Å². The average molecular weight is 281 g/mol. The molecule has 1 aromatic heterocycles. The largest absolute Gasteiger partial charge is 0.462 e. The third-order valence-electron chi connectivity index (χ3n) is 3.26. The number of ether oxygens (including phenoxy) is 1. The Labute approximate surface area is 122 Å². The van der Waals surface area contributed by atoms with Gasteiger partial charge in [0, 0.05) is 11.4 Å². The van der Waals surface area contributed by atoms with Gasteiger partial charge in [0.05, 0.1) is 23.2 Å². The van der Waals surface area contributed by atoms with Crippen LogP contribution in [0.15, 0.2) is 48.8 Å². The molecule has 3 aromatic rings. The highest BCUT2D eigenvalue weighted by Crippen LogP contribution is 2.22. The topological polar surface area (TPSA) is 70.1 Å². The Balaban J connectivity index is 2.11. The Bertz CT molecular complexity index is 808. The van der Waals surface area contributed by atoms with E-state index in [0.717, 1.165) is 16.7 Å². The molecule has 0 saturated carbocycles. The highest BCUT2D eigenvalue weighted by molar-refractivity contribution is 5.96. The molecule has 21 heavy (non-hydrogen) atoms. The molecule has 1 heterocycles. The van der Waals surface area contributed by atoms with Crippen LogP contribution in [0.5, 0.6) is 0 Å². The lowest BCUT2D eigenvalue weighted by atomic mass is 10.1. The molecule has 0 amide bonds. The van der Waals surface area contributed by atoms with Crippen LogP contribution in [0.3, 0.4) is 0 Å². The van der Waals surface area contributed by atoms with Gasteiger partial charge in [-0.2, -0.15) is 0 Å². The normalized spacial score (nSPS) is 10.7. The summed E-state index contributed by atoms with van der Waals surface area (Å²) < 4.78 is 6.94. The molecule has 3 rings (SSSR count). The zero-order valence-electron chi connectivity index (χ0n) is 11.6. The Morgan fingerprint density at radius 3 is 2.90 bits per heavy atom. The highest BCUT2D eigenvalue weighted by atomic mass is 16.5. The van der Waals surface area contributed by atoms with Crippen molar-refractivity contribution in [1.82, 2.24) is 9.55 Å². The first kappa shape index (κ1) is 13.2. The molecule has 0 fully saturated rings. The fraction of sp³-hybridized carbons (Fsp3) is 0.125. The number of carbonyl (C=O) groups excluding carboxylic acids is 1. The minimum Gasteiger partial charge on any atom is -0.462 e. The van der Waals surface area contributed by atoms with Gasteiger partial charge in [-0.05, 0) is 37.3 Å². The number of hydrogen-bond acceptors (Lipinski definition) is 4. The second-order valence-electron chi connectivity index (χ2n) is 4.60. The molecule has 5 nitrogen and oxygen atoms in total. The van der Waals surface area contributed by atoms with E-state index in [1.165, 1.54) is 0 Å². The summed E-state index contributed by atoms with van der Waals surface area (Å²) >= 11 is 0. The van der Waals surface area contributed by atoms with Gasteiger partial charge in [-0.15, -0.1) is 0 Å². The van der Waals surface area contributed by atoms with Gasteiger partial charge in [0.1, 0.15) is 6.33 Å². The number of esters is 1. The minimum atomic E-state index is -0.415. The molecule has 0 atom stereocenters. The van der Waals surface area contributed by atoms with Gasteiger partial charge in [0.25, 0.3) is 0 Å². The maximum absolute atomic E-state index is 11.9. The quantitative estimate of drug-likeness (QED) is 0.592. The van der Waals surface area contributed by atoms with Crippen LogP contribution in [0.2, 0.25) is 0 Å². The Morgan fingerprint density at radius 1 is 1.29 bits per heavy atom. The molecule has 0 saturated heterocycles. The summed E-state index contributed by atoms with van der Waals surface area (Å²) in [5, 5.41) is 0. The first-order valence-corrected chi connectivity index (χ1v) is 6.70. The molecule has 106 valence electrons. The fourth-order valence-corrected chi connectivity index (χ4v) is 2.24. The van der Waals surface area contributed by atoms with Crippen LogP contribution in [-0.4, -0.2) is 22.1 Å². The van der Waals surface area contributed by atoms with Crippen molar-refractivity contribution in [2.24, 2.45) is 0 Å². The third-order valence-corrected chi connectivity index (χ3v) is 3.26. The number of rotatable bonds is 3. The van der Waals surface area contributed by atoms with E-state index in [9.17, 15) is 4.79 Å². The van der Waals surface area contributed by atoms with Gasteiger partial charge < -0.3 is 10.5 Å². The molecular formula is C16H15N3O2. The van der Waals surface area contributed by atoms with Crippen molar-refractivity contribution in [3.8, 4) is 5.69 Å². The van der Waals surface area contributed by atoms with E-state index in [-0.39, 0.29) is 0 Å². The average Bonchev–Trinajstić information content (AvgIpc) is 2.92. The first-order chi connectivity index (χ1) is 10.2. The van der Waals surface area contributed by atoms with Crippen LogP contribution < -0.4 is 5.73 Å². The molecule has 0 unspecified atom stereocenters. The molecular weight excluding hydrogens is 266 g/mol. The minimum absolute atomic E-state index is 0.316. The summed E-state index contributed by atoms with van der Waals surface area (Å²) in [7, 11) is 0. The van der Waals surface area contributed by atoms with Crippen molar-refractivity contribution in [3.05, 3.63) is 54.4 Å². The van der Waals surface area contributed by atoms with Gasteiger partial charge in [-0.25, -0.2) is 9.78 Å². The molecule has 0 aliphatic rings. The van der Waals surface area contributed by atoms with Gasteiger partial charge in [0.15, 0.2) is 0 Å². The van der Waals surface area contributed by atoms with E-state index in [0.29, 0.717) is 17.9 Å². The molecule has 0 aliphatic carbocycles. The Morgan fingerprint density at radius 2 is 2.10 bits per heavy atom. The summed E-state index contributed by atoms with van der Waals surface area (Å²) in [6.07, 6.45) is 1.73. The van der Waals surface area contributed by atoms with E-state index in [1.54, 1.807) is 25.4 Å². The Hall–Kier alpha value is -2.82. The number of imidazole rings is 1. The summed E-state index contributed by atoms with van der Waals surface area (Å²) in [4.78, 5) is 16.3. The lowest BCUT2D eigenvalue weighted by Gasteiger charge is -2.09. The fourth-order valence-electron chi connectivity index (χ4n) is 2.24. The standard InChI is InChI=1S/C16H15N3O2/c1-2-21-16(20)12-9-11(7-8-13(12)17)19-10-18-14-5-3-4-6-15(14)19/h3-10H,2,17H2,1H3. The van der Waals surface area contributed by atoms with Crippen LogP contribution in [0.25, 0.3) is 16.7 Å².